The van der Waals surface area contributed by atoms with Crippen LogP contribution < -0.4 is 5.32 Å². The van der Waals surface area contributed by atoms with E-state index in [1.165, 1.54) is 6.07 Å². The van der Waals surface area contributed by atoms with Gasteiger partial charge in [0.15, 0.2) is 0 Å². The molecule has 1 rings (SSSR count). The number of nitrogens with one attached hydrogen (secondary N) is 1. The molecule has 18 heavy (non-hydrogen) atoms. The summed E-state index contributed by atoms with van der Waals surface area (Å²) in [6.45, 7) is 4.94. The van der Waals surface area contributed by atoms with Crippen molar-refractivity contribution in [2.24, 2.45) is 0 Å². The zero-order chi connectivity index (χ0) is 13.8. The summed E-state index contributed by atoms with van der Waals surface area (Å²) in [5.41, 5.74) is -0.0488. The van der Waals surface area contributed by atoms with Crippen LogP contribution in [0.5, 0.6) is 0 Å². The first-order valence-corrected chi connectivity index (χ1v) is 6.36. The Hall–Kier alpha value is -0.750. The van der Waals surface area contributed by atoms with Crippen LogP contribution in [0.25, 0.3) is 0 Å². The highest BCUT2D eigenvalue weighted by Gasteiger charge is 2.30. The monoisotopic (exact) mass is 325 g/mol. The van der Waals surface area contributed by atoms with E-state index in [9.17, 15) is 13.2 Å². The lowest BCUT2D eigenvalue weighted by Gasteiger charge is -2.15. The molecule has 0 saturated carbocycles. The fraction of sp³-hybridized carbons (Fsp3) is 0.500. The Morgan fingerprint density at radius 2 is 2.06 bits per heavy atom. The second kappa shape index (κ2) is 6.43. The molecule has 1 N–H and O–H groups in total. The van der Waals surface area contributed by atoms with Crippen molar-refractivity contribution < 1.29 is 17.9 Å². The van der Waals surface area contributed by atoms with E-state index in [1.54, 1.807) is 0 Å². The van der Waals surface area contributed by atoms with Crippen molar-refractivity contribution in [2.45, 2.75) is 26.1 Å². The fourth-order valence-electron chi connectivity index (χ4n) is 1.43. The van der Waals surface area contributed by atoms with Crippen LogP contribution in [-0.4, -0.2) is 19.3 Å². The molecule has 0 aromatic heterocycles. The maximum Gasteiger partial charge on any atom is 0.416 e. The Morgan fingerprint density at radius 1 is 1.39 bits per heavy atom. The molecule has 0 aliphatic heterocycles. The van der Waals surface area contributed by atoms with Crippen LogP contribution in [0.15, 0.2) is 22.7 Å². The lowest BCUT2D eigenvalue weighted by Crippen LogP contribution is -2.20. The SMILES string of the molecule is CCOC(C)CNc1ccc(C(F)(F)F)cc1Br. The Bertz CT molecular complexity index is 395. The predicted octanol–water partition coefficient (Wildman–Crippen LogP) is 4.30. The molecule has 0 amide bonds. The van der Waals surface area contributed by atoms with E-state index in [1.807, 2.05) is 13.8 Å². The highest BCUT2D eigenvalue weighted by molar-refractivity contribution is 9.10. The van der Waals surface area contributed by atoms with Gasteiger partial charge in [0.05, 0.1) is 11.7 Å². The minimum Gasteiger partial charge on any atom is -0.382 e. The average Bonchev–Trinajstić information content (AvgIpc) is 2.26. The van der Waals surface area contributed by atoms with E-state index >= 15 is 0 Å². The second-order valence-corrected chi connectivity index (χ2v) is 4.69. The summed E-state index contributed by atoms with van der Waals surface area (Å²) in [6, 6.07) is 3.53. The van der Waals surface area contributed by atoms with Crippen LogP contribution in [0, 0.1) is 0 Å². The van der Waals surface area contributed by atoms with Crippen LogP contribution in [0.4, 0.5) is 18.9 Å². The molecule has 0 aliphatic rings. The zero-order valence-electron chi connectivity index (χ0n) is 10.1. The molecule has 0 fully saturated rings. The van der Waals surface area contributed by atoms with Gasteiger partial charge in [-0.3, -0.25) is 0 Å². The van der Waals surface area contributed by atoms with E-state index < -0.39 is 11.7 Å². The van der Waals surface area contributed by atoms with Gasteiger partial charge in [0, 0.05) is 23.3 Å². The van der Waals surface area contributed by atoms with Gasteiger partial charge in [-0.25, -0.2) is 0 Å². The maximum atomic E-state index is 12.5. The number of hydrogen-bond acceptors (Lipinski definition) is 2. The van der Waals surface area contributed by atoms with Crippen molar-refractivity contribution in [3.8, 4) is 0 Å². The van der Waals surface area contributed by atoms with Gasteiger partial charge in [-0.05, 0) is 48.0 Å². The van der Waals surface area contributed by atoms with Gasteiger partial charge in [0.1, 0.15) is 0 Å². The molecule has 0 heterocycles. The highest BCUT2D eigenvalue weighted by Crippen LogP contribution is 2.33. The Labute approximate surface area is 113 Å². The molecule has 0 aliphatic carbocycles. The fourth-order valence-corrected chi connectivity index (χ4v) is 1.95. The molecule has 102 valence electrons. The smallest absolute Gasteiger partial charge is 0.382 e. The predicted molar refractivity (Wildman–Crippen MR) is 68.7 cm³/mol. The van der Waals surface area contributed by atoms with Crippen LogP contribution in [0.2, 0.25) is 0 Å². The van der Waals surface area contributed by atoms with E-state index in [-0.39, 0.29) is 6.10 Å². The minimum atomic E-state index is -4.32. The number of halogens is 4. The molecule has 1 aromatic carbocycles. The van der Waals surface area contributed by atoms with E-state index in [0.29, 0.717) is 23.3 Å². The van der Waals surface area contributed by atoms with Crippen molar-refractivity contribution in [3.05, 3.63) is 28.2 Å². The minimum absolute atomic E-state index is 0.00388. The van der Waals surface area contributed by atoms with Crippen LogP contribution >= 0.6 is 15.9 Å². The third-order valence-electron chi connectivity index (χ3n) is 2.33. The van der Waals surface area contributed by atoms with Gasteiger partial charge >= 0.3 is 6.18 Å². The molecule has 6 heteroatoms. The van der Waals surface area contributed by atoms with E-state index in [0.717, 1.165) is 12.1 Å². The van der Waals surface area contributed by atoms with Gasteiger partial charge in [-0.15, -0.1) is 0 Å². The normalized spacial score (nSPS) is 13.4. The molecular formula is C12H15BrF3NO. The van der Waals surface area contributed by atoms with E-state index in [2.05, 4.69) is 21.2 Å². The summed E-state index contributed by atoms with van der Waals surface area (Å²) in [6.07, 6.45) is -4.32. The van der Waals surface area contributed by atoms with Gasteiger partial charge in [-0.1, -0.05) is 0 Å². The van der Waals surface area contributed by atoms with Gasteiger partial charge in [0.2, 0.25) is 0 Å². The summed E-state index contributed by atoms with van der Waals surface area (Å²) in [5.74, 6) is 0. The Balaban J connectivity index is 2.69. The zero-order valence-corrected chi connectivity index (χ0v) is 11.7. The largest absolute Gasteiger partial charge is 0.416 e. The van der Waals surface area contributed by atoms with Crippen LogP contribution in [-0.2, 0) is 10.9 Å². The number of anilines is 1. The summed E-state index contributed by atoms with van der Waals surface area (Å²) < 4.78 is 43.1. The van der Waals surface area contributed by atoms with E-state index in [4.69, 9.17) is 4.74 Å². The van der Waals surface area contributed by atoms with Crippen molar-refractivity contribution in [3.63, 3.8) is 0 Å². The molecule has 0 saturated heterocycles. The van der Waals surface area contributed by atoms with Crippen LogP contribution in [0.1, 0.15) is 19.4 Å². The highest BCUT2D eigenvalue weighted by atomic mass is 79.9. The number of rotatable bonds is 5. The molecule has 0 radical (unpaired) electrons. The lowest BCUT2D eigenvalue weighted by molar-refractivity contribution is -0.137. The number of hydrogen-bond donors (Lipinski definition) is 1. The summed E-state index contributed by atoms with van der Waals surface area (Å²) in [7, 11) is 0. The molecule has 1 aromatic rings. The van der Waals surface area contributed by atoms with Crippen molar-refractivity contribution in [1.82, 2.24) is 0 Å². The number of ether oxygens (including phenoxy) is 1. The summed E-state index contributed by atoms with van der Waals surface area (Å²) in [4.78, 5) is 0. The second-order valence-electron chi connectivity index (χ2n) is 3.84. The summed E-state index contributed by atoms with van der Waals surface area (Å²) in [5, 5.41) is 3.04. The molecule has 0 bridgehead atoms. The maximum absolute atomic E-state index is 12.5. The van der Waals surface area contributed by atoms with Crippen molar-refractivity contribution >= 4 is 21.6 Å². The van der Waals surface area contributed by atoms with Gasteiger partial charge < -0.3 is 10.1 Å². The standard InChI is InChI=1S/C12H15BrF3NO/c1-3-18-8(2)7-17-11-5-4-9(6-10(11)13)12(14,15)16/h4-6,8,17H,3,7H2,1-2H3. The Kier molecular flexibility index (Phi) is 5.47. The molecular weight excluding hydrogens is 311 g/mol. The average molecular weight is 326 g/mol. The first-order chi connectivity index (χ1) is 8.34. The molecule has 1 atom stereocenters. The Morgan fingerprint density at radius 3 is 2.56 bits per heavy atom. The van der Waals surface area contributed by atoms with Crippen molar-refractivity contribution in [1.29, 1.82) is 0 Å². The molecule has 1 unspecified atom stereocenters. The summed E-state index contributed by atoms with van der Waals surface area (Å²) >= 11 is 3.13. The third kappa shape index (κ3) is 4.49. The van der Waals surface area contributed by atoms with Crippen molar-refractivity contribution in [2.75, 3.05) is 18.5 Å². The topological polar surface area (TPSA) is 21.3 Å². The first kappa shape index (κ1) is 15.3. The van der Waals surface area contributed by atoms with Gasteiger partial charge in [0.25, 0.3) is 0 Å². The molecule has 2 nitrogen and oxygen atoms in total. The first-order valence-electron chi connectivity index (χ1n) is 5.56. The number of benzene rings is 1. The quantitative estimate of drug-likeness (QED) is 0.871. The number of alkyl halides is 3. The van der Waals surface area contributed by atoms with Crippen LogP contribution in [0.3, 0.4) is 0 Å². The van der Waals surface area contributed by atoms with Gasteiger partial charge in [-0.2, -0.15) is 13.2 Å². The molecule has 0 spiro atoms. The lowest BCUT2D eigenvalue weighted by atomic mass is 10.2. The third-order valence-corrected chi connectivity index (χ3v) is 2.98.